The van der Waals surface area contributed by atoms with Crippen molar-refractivity contribution in [2.24, 2.45) is 23.7 Å². The molecule has 0 unspecified atom stereocenters. The molecule has 0 amide bonds. The lowest BCUT2D eigenvalue weighted by atomic mass is 9.50. The summed E-state index contributed by atoms with van der Waals surface area (Å²) in [6, 6.07) is 0. The van der Waals surface area contributed by atoms with Gasteiger partial charge >= 0.3 is 23.9 Å². The molecule has 0 heterocycles. The second kappa shape index (κ2) is 14.3. The first-order valence-electron chi connectivity index (χ1n) is 11.5. The molecule has 0 saturated heterocycles. The van der Waals surface area contributed by atoms with Gasteiger partial charge in [0.05, 0.1) is 7.11 Å². The smallest absolute Gasteiger partial charge is 0.333 e. The molecule has 196 valence electrons. The highest BCUT2D eigenvalue weighted by molar-refractivity contribution is 5.87. The zero-order valence-electron chi connectivity index (χ0n) is 21.6. The highest BCUT2D eigenvalue weighted by Gasteiger charge is 2.57. The molecule has 2 N–H and O–H groups in total. The Kier molecular flexibility index (Phi) is 13.0. The minimum Gasteiger partial charge on any atom is -0.478 e. The summed E-state index contributed by atoms with van der Waals surface area (Å²) >= 11 is 0. The van der Waals surface area contributed by atoms with Crippen molar-refractivity contribution in [3.05, 3.63) is 49.1 Å². The van der Waals surface area contributed by atoms with E-state index in [4.69, 9.17) is 14.9 Å². The zero-order valence-corrected chi connectivity index (χ0v) is 21.6. The maximum atomic E-state index is 11.8. The molecule has 0 aromatic heterocycles. The number of esters is 2. The minimum atomic E-state index is -0.981. The van der Waals surface area contributed by atoms with Crippen LogP contribution in [0.2, 0.25) is 0 Å². The summed E-state index contributed by atoms with van der Waals surface area (Å²) in [6.45, 7) is 20.1. The van der Waals surface area contributed by atoms with Gasteiger partial charge in [-0.2, -0.15) is 0 Å². The molecule has 0 spiro atoms. The number of hydrogen-bond acceptors (Lipinski definition) is 6. The average molecular weight is 493 g/mol. The van der Waals surface area contributed by atoms with E-state index in [9.17, 15) is 19.2 Å². The number of ether oxygens (including phenoxy) is 2. The molecule has 4 aliphatic rings. The number of aliphatic carboxylic acids is 2. The van der Waals surface area contributed by atoms with Gasteiger partial charge in [0.1, 0.15) is 5.60 Å². The van der Waals surface area contributed by atoms with Crippen LogP contribution in [-0.2, 0) is 28.7 Å². The van der Waals surface area contributed by atoms with Crippen LogP contribution in [0.25, 0.3) is 0 Å². The highest BCUT2D eigenvalue weighted by Crippen LogP contribution is 2.59. The third kappa shape index (κ3) is 10.3. The van der Waals surface area contributed by atoms with Crippen molar-refractivity contribution in [1.29, 1.82) is 0 Å². The Labute approximate surface area is 208 Å². The van der Waals surface area contributed by atoms with Gasteiger partial charge in [-0.05, 0) is 83.5 Å². The first-order valence-corrected chi connectivity index (χ1v) is 11.5. The van der Waals surface area contributed by atoms with E-state index in [0.717, 1.165) is 17.9 Å². The van der Waals surface area contributed by atoms with Crippen LogP contribution in [-0.4, -0.2) is 46.8 Å². The number of carboxylic acids is 2. The number of carboxylic acid groups (broad SMARTS) is 2. The van der Waals surface area contributed by atoms with Gasteiger partial charge in [-0.3, -0.25) is 0 Å². The molecular formula is C27H40O8. The van der Waals surface area contributed by atoms with Crippen LogP contribution in [0.5, 0.6) is 0 Å². The molecule has 4 fully saturated rings. The van der Waals surface area contributed by atoms with Crippen LogP contribution in [0.4, 0.5) is 0 Å². The molecule has 4 bridgehead atoms. The van der Waals surface area contributed by atoms with E-state index >= 15 is 0 Å². The molecule has 4 aliphatic carbocycles. The molecular weight excluding hydrogens is 452 g/mol. The summed E-state index contributed by atoms with van der Waals surface area (Å²) in [6.07, 6.45) is 7.34. The third-order valence-electron chi connectivity index (χ3n) is 6.49. The lowest BCUT2D eigenvalue weighted by Gasteiger charge is -2.59. The van der Waals surface area contributed by atoms with E-state index in [-0.39, 0.29) is 23.1 Å². The lowest BCUT2D eigenvalue weighted by Crippen LogP contribution is -2.58. The number of carbonyl (C=O) groups excluding carboxylic acids is 2. The Morgan fingerprint density at radius 2 is 1.14 bits per heavy atom. The molecule has 4 saturated carbocycles. The highest BCUT2D eigenvalue weighted by atomic mass is 16.6. The van der Waals surface area contributed by atoms with Gasteiger partial charge in [0.2, 0.25) is 0 Å². The number of carbonyl (C=O) groups is 4. The van der Waals surface area contributed by atoms with Crippen molar-refractivity contribution in [3.63, 3.8) is 0 Å². The van der Waals surface area contributed by atoms with Crippen molar-refractivity contribution in [3.8, 4) is 0 Å². The quantitative estimate of drug-likeness (QED) is 0.407. The Bertz CT molecular complexity index is 811. The maximum Gasteiger partial charge on any atom is 0.333 e. The topological polar surface area (TPSA) is 127 Å². The molecule has 0 radical (unpaired) electrons. The molecule has 0 atom stereocenters. The maximum absolute atomic E-state index is 11.8. The molecule has 0 aromatic carbocycles. The van der Waals surface area contributed by atoms with Gasteiger partial charge in [0.25, 0.3) is 0 Å². The van der Waals surface area contributed by atoms with Crippen LogP contribution < -0.4 is 0 Å². The van der Waals surface area contributed by atoms with E-state index < -0.39 is 11.9 Å². The van der Waals surface area contributed by atoms with Gasteiger partial charge in [-0.1, -0.05) is 26.3 Å². The van der Waals surface area contributed by atoms with Crippen LogP contribution in [0.3, 0.4) is 0 Å². The number of methoxy groups -OCH3 is 1. The molecule has 4 rings (SSSR count). The standard InChI is InChI=1S/C15H22O2.C5H8O2.C4H6O2.C3H4O2/c1-9(2)14(16)17-15(3)12-5-10-4-11(7-12)8-13(15)6-10;1-4(2)5(6)7-3;1-3(2)4(5)6;1-2-3(4)5/h10-13H,1,4-8H2,2-3H3;1H2,2-3H3;1H2,2H3,(H,5,6);2H,1H2,(H,4,5). The van der Waals surface area contributed by atoms with Crippen molar-refractivity contribution < 1.29 is 38.9 Å². The van der Waals surface area contributed by atoms with Crippen molar-refractivity contribution in [2.75, 3.05) is 7.11 Å². The summed E-state index contributed by atoms with van der Waals surface area (Å²) in [5.74, 6) is 0.562. The second-order valence-corrected chi connectivity index (χ2v) is 9.56. The number of hydrogen-bond donors (Lipinski definition) is 2. The zero-order chi connectivity index (χ0) is 27.5. The summed E-state index contributed by atoms with van der Waals surface area (Å²) in [5.41, 5.74) is 0.932. The fourth-order valence-electron chi connectivity index (χ4n) is 4.75. The second-order valence-electron chi connectivity index (χ2n) is 9.56. The number of rotatable bonds is 5. The summed E-state index contributed by atoms with van der Waals surface area (Å²) in [4.78, 5) is 40.9. The van der Waals surface area contributed by atoms with Crippen LogP contribution in [0.15, 0.2) is 49.1 Å². The Balaban J connectivity index is 0.000000536. The summed E-state index contributed by atoms with van der Waals surface area (Å²) < 4.78 is 10.1. The lowest BCUT2D eigenvalue weighted by molar-refractivity contribution is -0.199. The van der Waals surface area contributed by atoms with Crippen molar-refractivity contribution >= 4 is 23.9 Å². The van der Waals surface area contributed by atoms with E-state index in [2.05, 4.69) is 38.0 Å². The molecule has 0 aliphatic heterocycles. The fourth-order valence-corrected chi connectivity index (χ4v) is 4.75. The van der Waals surface area contributed by atoms with Gasteiger partial charge in [0.15, 0.2) is 0 Å². The van der Waals surface area contributed by atoms with Gasteiger partial charge in [-0.15, -0.1) is 0 Å². The SMILES string of the molecule is C=C(C)C(=O)O.C=C(C)C(=O)OC.C=C(C)C(=O)OC1(C)C2CC3CC(C2)CC1C3.C=CC(=O)O. The molecule has 0 aromatic rings. The monoisotopic (exact) mass is 492 g/mol. The van der Waals surface area contributed by atoms with Crippen LogP contribution >= 0.6 is 0 Å². The van der Waals surface area contributed by atoms with Crippen LogP contribution in [0, 0.1) is 23.7 Å². The van der Waals surface area contributed by atoms with E-state index in [0.29, 0.717) is 23.0 Å². The van der Waals surface area contributed by atoms with E-state index in [1.807, 2.05) is 0 Å². The fraction of sp³-hybridized carbons (Fsp3) is 0.556. The van der Waals surface area contributed by atoms with E-state index in [1.54, 1.807) is 13.8 Å². The van der Waals surface area contributed by atoms with E-state index in [1.165, 1.54) is 46.1 Å². The van der Waals surface area contributed by atoms with Crippen molar-refractivity contribution in [1.82, 2.24) is 0 Å². The van der Waals surface area contributed by atoms with Crippen LogP contribution in [0.1, 0.15) is 59.8 Å². The Morgan fingerprint density at radius 3 is 1.34 bits per heavy atom. The first-order chi connectivity index (χ1) is 16.1. The predicted molar refractivity (Wildman–Crippen MR) is 133 cm³/mol. The molecule has 35 heavy (non-hydrogen) atoms. The predicted octanol–water partition coefficient (Wildman–Crippen LogP) is 4.96. The van der Waals surface area contributed by atoms with Crippen molar-refractivity contribution in [2.45, 2.75) is 65.4 Å². The molecule has 8 nitrogen and oxygen atoms in total. The van der Waals surface area contributed by atoms with Gasteiger partial charge in [-0.25, -0.2) is 19.2 Å². The largest absolute Gasteiger partial charge is 0.478 e. The Hall–Kier alpha value is -3.16. The molecule has 8 heteroatoms. The average Bonchev–Trinajstić information content (AvgIpc) is 2.77. The normalized spacial score (nSPS) is 26.5. The third-order valence-corrected chi connectivity index (χ3v) is 6.49. The minimum absolute atomic E-state index is 0.176. The van der Waals surface area contributed by atoms with Gasteiger partial charge < -0.3 is 19.7 Å². The Morgan fingerprint density at radius 1 is 0.800 bits per heavy atom. The van der Waals surface area contributed by atoms with Gasteiger partial charge in [0, 0.05) is 22.8 Å². The first kappa shape index (κ1) is 31.8. The summed E-state index contributed by atoms with van der Waals surface area (Å²) in [7, 11) is 1.33. The summed E-state index contributed by atoms with van der Waals surface area (Å²) in [5, 5.41) is 15.5.